The number of rotatable bonds is 4. The number of carbonyl (C=O) groups is 1. The average Bonchev–Trinajstić information content (AvgIpc) is 2.53. The summed E-state index contributed by atoms with van der Waals surface area (Å²) in [4.78, 5) is 13.3. The SMILES string of the molecule is COC(=O)[C@@H]1CCC(S(=O)c2ccccc2)=C[C@@H]1OC. The predicted octanol–water partition coefficient (Wildman–Crippen LogP) is 2.28. The van der Waals surface area contributed by atoms with Crippen LogP contribution < -0.4 is 0 Å². The molecule has 0 fully saturated rings. The van der Waals surface area contributed by atoms with Crippen molar-refractivity contribution in [3.63, 3.8) is 0 Å². The van der Waals surface area contributed by atoms with Gasteiger partial charge < -0.3 is 9.47 Å². The molecule has 0 bridgehead atoms. The van der Waals surface area contributed by atoms with E-state index in [0.29, 0.717) is 12.8 Å². The van der Waals surface area contributed by atoms with Crippen LogP contribution in [0.25, 0.3) is 0 Å². The largest absolute Gasteiger partial charge is 0.469 e. The molecule has 1 aliphatic rings. The van der Waals surface area contributed by atoms with Crippen LogP contribution in [0.15, 0.2) is 46.2 Å². The second-order valence-electron chi connectivity index (χ2n) is 4.58. The van der Waals surface area contributed by atoms with E-state index in [4.69, 9.17) is 9.47 Å². The third-order valence-electron chi connectivity index (χ3n) is 3.42. The van der Waals surface area contributed by atoms with Crippen LogP contribution in [0.4, 0.5) is 0 Å². The smallest absolute Gasteiger partial charge is 0.311 e. The lowest BCUT2D eigenvalue weighted by atomic mass is 9.91. The van der Waals surface area contributed by atoms with Crippen LogP contribution in [0, 0.1) is 5.92 Å². The summed E-state index contributed by atoms with van der Waals surface area (Å²) >= 11 is 0. The molecule has 0 saturated heterocycles. The number of esters is 1. The van der Waals surface area contributed by atoms with Crippen molar-refractivity contribution in [3.05, 3.63) is 41.3 Å². The fourth-order valence-electron chi connectivity index (χ4n) is 2.33. The van der Waals surface area contributed by atoms with Gasteiger partial charge in [0.1, 0.15) is 0 Å². The maximum atomic E-state index is 12.5. The Morgan fingerprint density at radius 3 is 2.55 bits per heavy atom. The first kappa shape index (κ1) is 14.9. The van der Waals surface area contributed by atoms with Crippen molar-refractivity contribution in [2.45, 2.75) is 23.8 Å². The van der Waals surface area contributed by atoms with Gasteiger partial charge in [0.05, 0.1) is 29.9 Å². The van der Waals surface area contributed by atoms with Crippen molar-refractivity contribution in [2.24, 2.45) is 5.92 Å². The quantitative estimate of drug-likeness (QED) is 0.799. The monoisotopic (exact) mass is 294 g/mol. The van der Waals surface area contributed by atoms with E-state index in [1.54, 1.807) is 13.2 Å². The highest BCUT2D eigenvalue weighted by Crippen LogP contribution is 2.30. The molecule has 0 saturated carbocycles. The summed E-state index contributed by atoms with van der Waals surface area (Å²) < 4.78 is 22.6. The Morgan fingerprint density at radius 1 is 1.25 bits per heavy atom. The number of hydrogen-bond donors (Lipinski definition) is 0. The third kappa shape index (κ3) is 3.16. The molecule has 0 heterocycles. The van der Waals surface area contributed by atoms with Gasteiger partial charge in [-0.1, -0.05) is 18.2 Å². The van der Waals surface area contributed by atoms with Gasteiger partial charge in [-0.2, -0.15) is 0 Å². The van der Waals surface area contributed by atoms with Crippen molar-refractivity contribution in [1.82, 2.24) is 0 Å². The first-order chi connectivity index (χ1) is 9.67. The number of ether oxygens (including phenoxy) is 2. The number of benzene rings is 1. The van der Waals surface area contributed by atoms with E-state index in [2.05, 4.69) is 0 Å². The highest BCUT2D eigenvalue weighted by molar-refractivity contribution is 7.89. The molecule has 0 spiro atoms. The minimum Gasteiger partial charge on any atom is -0.469 e. The second-order valence-corrected chi connectivity index (χ2v) is 6.12. The number of methoxy groups -OCH3 is 2. The van der Waals surface area contributed by atoms with E-state index >= 15 is 0 Å². The van der Waals surface area contributed by atoms with Crippen LogP contribution >= 0.6 is 0 Å². The Balaban J connectivity index is 2.20. The topological polar surface area (TPSA) is 52.6 Å². The highest BCUT2D eigenvalue weighted by atomic mass is 32.2. The molecule has 108 valence electrons. The molecule has 3 atom stereocenters. The maximum absolute atomic E-state index is 12.5. The standard InChI is InChI=1S/C15H18O4S/c1-18-14-10-12(8-9-13(14)15(16)19-2)20(17)11-6-4-3-5-7-11/h3-7,10,13-14H,8-9H2,1-2H3/t13-,14+,20?/m1/s1. The normalized spacial score (nSPS) is 23.8. The van der Waals surface area contributed by atoms with E-state index in [0.717, 1.165) is 9.80 Å². The van der Waals surface area contributed by atoms with Crippen LogP contribution in [0.1, 0.15) is 12.8 Å². The molecule has 1 unspecified atom stereocenters. The summed E-state index contributed by atoms with van der Waals surface area (Å²) in [5, 5.41) is 0. The predicted molar refractivity (Wildman–Crippen MR) is 76.5 cm³/mol. The zero-order valence-corrected chi connectivity index (χ0v) is 12.4. The maximum Gasteiger partial charge on any atom is 0.311 e. The third-order valence-corrected chi connectivity index (χ3v) is 4.94. The Labute approximate surface area is 121 Å². The first-order valence-electron chi connectivity index (χ1n) is 6.45. The number of allylic oxidation sites excluding steroid dienone is 1. The first-order valence-corrected chi connectivity index (χ1v) is 7.60. The summed E-state index contributed by atoms with van der Waals surface area (Å²) in [6.07, 6.45) is 2.63. The molecule has 1 aliphatic carbocycles. The van der Waals surface area contributed by atoms with Gasteiger partial charge in [0, 0.05) is 16.9 Å². The fourth-order valence-corrected chi connectivity index (χ4v) is 3.60. The minimum atomic E-state index is -1.19. The van der Waals surface area contributed by atoms with E-state index in [1.165, 1.54) is 7.11 Å². The van der Waals surface area contributed by atoms with Crippen LogP contribution in [0.3, 0.4) is 0 Å². The molecule has 0 radical (unpaired) electrons. The van der Waals surface area contributed by atoms with Crippen molar-refractivity contribution < 1.29 is 18.5 Å². The lowest BCUT2D eigenvalue weighted by molar-refractivity contribution is -0.149. The molecule has 0 amide bonds. The Hall–Kier alpha value is -1.46. The summed E-state index contributed by atoms with van der Waals surface area (Å²) in [7, 11) is 1.73. The Bertz CT molecular complexity index is 524. The Kier molecular flexibility index (Phi) is 5.09. The van der Waals surface area contributed by atoms with Gasteiger partial charge in [-0.05, 0) is 31.1 Å². The van der Waals surface area contributed by atoms with E-state index in [1.807, 2.05) is 30.3 Å². The van der Waals surface area contributed by atoms with Crippen LogP contribution in [-0.4, -0.2) is 30.5 Å². The molecule has 5 heteroatoms. The summed E-state index contributed by atoms with van der Waals surface area (Å²) in [5.74, 6) is -0.598. The van der Waals surface area contributed by atoms with Crippen molar-refractivity contribution in [2.75, 3.05) is 14.2 Å². The Morgan fingerprint density at radius 2 is 1.95 bits per heavy atom. The van der Waals surface area contributed by atoms with Gasteiger partial charge in [-0.3, -0.25) is 4.79 Å². The number of carbonyl (C=O) groups excluding carboxylic acids is 1. The molecule has 1 aromatic carbocycles. The van der Waals surface area contributed by atoms with E-state index < -0.39 is 10.8 Å². The lowest BCUT2D eigenvalue weighted by Crippen LogP contribution is -2.32. The molecular formula is C15H18O4S. The van der Waals surface area contributed by atoms with Crippen LogP contribution in [0.5, 0.6) is 0 Å². The zero-order valence-electron chi connectivity index (χ0n) is 11.6. The van der Waals surface area contributed by atoms with Gasteiger partial charge in [-0.25, -0.2) is 4.21 Å². The van der Waals surface area contributed by atoms with Gasteiger partial charge in [-0.15, -0.1) is 0 Å². The van der Waals surface area contributed by atoms with Crippen LogP contribution in [0.2, 0.25) is 0 Å². The lowest BCUT2D eigenvalue weighted by Gasteiger charge is -2.27. The average molecular weight is 294 g/mol. The van der Waals surface area contributed by atoms with E-state index in [9.17, 15) is 9.00 Å². The second kappa shape index (κ2) is 6.81. The van der Waals surface area contributed by atoms with Crippen LogP contribution in [-0.2, 0) is 25.1 Å². The van der Waals surface area contributed by atoms with Gasteiger partial charge >= 0.3 is 5.97 Å². The molecule has 0 N–H and O–H groups in total. The molecule has 2 rings (SSSR count). The zero-order chi connectivity index (χ0) is 14.5. The van der Waals surface area contributed by atoms with Crippen molar-refractivity contribution in [1.29, 1.82) is 0 Å². The molecular weight excluding hydrogens is 276 g/mol. The number of hydrogen-bond acceptors (Lipinski definition) is 4. The van der Waals surface area contributed by atoms with E-state index in [-0.39, 0.29) is 18.0 Å². The minimum absolute atomic E-state index is 0.280. The van der Waals surface area contributed by atoms with Crippen molar-refractivity contribution >= 4 is 16.8 Å². The summed E-state index contributed by atoms with van der Waals surface area (Å²) in [5.41, 5.74) is 0. The van der Waals surface area contributed by atoms with Gasteiger partial charge in [0.25, 0.3) is 0 Å². The summed E-state index contributed by atoms with van der Waals surface area (Å²) in [6.45, 7) is 0. The molecule has 0 aliphatic heterocycles. The molecule has 20 heavy (non-hydrogen) atoms. The summed E-state index contributed by atoms with van der Waals surface area (Å²) in [6, 6.07) is 9.29. The van der Waals surface area contributed by atoms with Crippen molar-refractivity contribution in [3.8, 4) is 0 Å². The van der Waals surface area contributed by atoms with Gasteiger partial charge in [0.2, 0.25) is 0 Å². The molecule has 1 aromatic rings. The fraction of sp³-hybridized carbons (Fsp3) is 0.400. The molecule has 4 nitrogen and oxygen atoms in total. The van der Waals surface area contributed by atoms with Gasteiger partial charge in [0.15, 0.2) is 0 Å². The molecule has 0 aromatic heterocycles. The highest BCUT2D eigenvalue weighted by Gasteiger charge is 2.33.